The van der Waals surface area contributed by atoms with Crippen LogP contribution in [0.2, 0.25) is 0 Å². The third-order valence-corrected chi connectivity index (χ3v) is 5.16. The zero-order valence-corrected chi connectivity index (χ0v) is 13.8. The van der Waals surface area contributed by atoms with Crippen LogP contribution in [0.3, 0.4) is 0 Å². The fraction of sp³-hybridized carbons (Fsp3) is 0.467. The van der Waals surface area contributed by atoms with Crippen molar-refractivity contribution in [2.24, 2.45) is 5.92 Å². The largest absolute Gasteiger partial charge is 0.480 e. The molecule has 0 saturated heterocycles. The Morgan fingerprint density at radius 3 is 2.61 bits per heavy atom. The summed E-state index contributed by atoms with van der Waals surface area (Å²) in [5.41, 5.74) is 1.33. The Morgan fingerprint density at radius 1 is 1.30 bits per heavy atom. The van der Waals surface area contributed by atoms with E-state index in [1.54, 1.807) is 13.8 Å². The Balaban J connectivity index is 2.32. The highest BCUT2D eigenvalue weighted by Crippen LogP contribution is 2.25. The first-order valence-electron chi connectivity index (χ1n) is 7.38. The summed E-state index contributed by atoms with van der Waals surface area (Å²) in [6.07, 6.45) is 1.62. The molecule has 0 spiro atoms. The zero-order valence-electron chi connectivity index (χ0n) is 13.0. The minimum atomic E-state index is -3.95. The van der Waals surface area contributed by atoms with Crippen molar-refractivity contribution >= 4 is 27.6 Å². The first-order chi connectivity index (χ1) is 10.7. The van der Waals surface area contributed by atoms with Gasteiger partial charge >= 0.3 is 5.97 Å². The number of anilines is 1. The molecule has 23 heavy (non-hydrogen) atoms. The van der Waals surface area contributed by atoms with E-state index in [0.717, 1.165) is 5.56 Å². The van der Waals surface area contributed by atoms with E-state index in [1.807, 2.05) is 0 Å². The van der Waals surface area contributed by atoms with Gasteiger partial charge in [-0.1, -0.05) is 13.8 Å². The number of rotatable bonds is 5. The number of carbonyl (C=O) groups is 2. The lowest BCUT2D eigenvalue weighted by Crippen LogP contribution is -2.44. The van der Waals surface area contributed by atoms with Gasteiger partial charge in [0.2, 0.25) is 15.9 Å². The van der Waals surface area contributed by atoms with Crippen molar-refractivity contribution in [3.05, 3.63) is 23.8 Å². The monoisotopic (exact) mass is 340 g/mol. The highest BCUT2D eigenvalue weighted by molar-refractivity contribution is 7.89. The van der Waals surface area contributed by atoms with Crippen LogP contribution < -0.4 is 10.0 Å². The molecular weight excluding hydrogens is 320 g/mol. The molecule has 0 radical (unpaired) electrons. The second kappa shape index (κ2) is 6.67. The summed E-state index contributed by atoms with van der Waals surface area (Å²) in [6, 6.07) is 3.20. The van der Waals surface area contributed by atoms with Gasteiger partial charge in [-0.25, -0.2) is 8.42 Å². The third kappa shape index (κ3) is 4.08. The minimum absolute atomic E-state index is 0.000649. The zero-order chi connectivity index (χ0) is 17.2. The second-order valence-electron chi connectivity index (χ2n) is 5.90. The Bertz CT molecular complexity index is 727. The van der Waals surface area contributed by atoms with E-state index in [9.17, 15) is 18.0 Å². The van der Waals surface area contributed by atoms with Gasteiger partial charge in [-0.15, -0.1) is 0 Å². The lowest BCUT2D eigenvalue weighted by Gasteiger charge is -2.18. The molecule has 0 bridgehead atoms. The first-order valence-corrected chi connectivity index (χ1v) is 8.87. The fourth-order valence-corrected chi connectivity index (χ4v) is 3.81. The average Bonchev–Trinajstić information content (AvgIpc) is 2.64. The van der Waals surface area contributed by atoms with E-state index in [4.69, 9.17) is 5.11 Å². The molecule has 1 amide bonds. The van der Waals surface area contributed by atoms with Crippen molar-refractivity contribution in [2.75, 3.05) is 5.32 Å². The SMILES string of the molecule is CC(C)[C@H](NS(=O)(=O)c1ccc2c(c1)CCCC(=O)N2)C(=O)O. The van der Waals surface area contributed by atoms with Crippen molar-refractivity contribution in [3.8, 4) is 0 Å². The van der Waals surface area contributed by atoms with Crippen LogP contribution in [0.25, 0.3) is 0 Å². The Labute approximate surface area is 135 Å². The smallest absolute Gasteiger partial charge is 0.322 e. The van der Waals surface area contributed by atoms with Gasteiger partial charge in [0.25, 0.3) is 0 Å². The van der Waals surface area contributed by atoms with Crippen LogP contribution in [0.15, 0.2) is 23.1 Å². The van der Waals surface area contributed by atoms with Gasteiger partial charge in [-0.2, -0.15) is 4.72 Å². The molecule has 3 N–H and O–H groups in total. The summed E-state index contributed by atoms with van der Waals surface area (Å²) in [5, 5.41) is 11.9. The van der Waals surface area contributed by atoms with E-state index in [1.165, 1.54) is 18.2 Å². The highest BCUT2D eigenvalue weighted by Gasteiger charge is 2.28. The quantitative estimate of drug-likeness (QED) is 0.749. The number of hydrogen-bond donors (Lipinski definition) is 3. The number of hydrogen-bond acceptors (Lipinski definition) is 4. The molecule has 7 nitrogen and oxygen atoms in total. The number of benzene rings is 1. The first kappa shape index (κ1) is 17.4. The Hall–Kier alpha value is -1.93. The normalized spacial score (nSPS) is 16.4. The molecule has 1 heterocycles. The van der Waals surface area contributed by atoms with Gasteiger partial charge in [-0.3, -0.25) is 9.59 Å². The molecule has 1 aliphatic heterocycles. The molecule has 0 fully saturated rings. The number of aliphatic carboxylic acids is 1. The standard InChI is InChI=1S/C15H20N2O5S/c1-9(2)14(15(19)20)17-23(21,22)11-6-7-12-10(8-11)4-3-5-13(18)16-12/h6-9,14,17H,3-5H2,1-2H3,(H,16,18)(H,19,20)/t14-/m0/s1. The molecule has 1 aromatic rings. The summed E-state index contributed by atoms with van der Waals surface area (Å²) in [7, 11) is -3.95. The topological polar surface area (TPSA) is 113 Å². The Morgan fingerprint density at radius 2 is 2.00 bits per heavy atom. The summed E-state index contributed by atoms with van der Waals surface area (Å²) < 4.78 is 27.1. The maximum absolute atomic E-state index is 12.4. The van der Waals surface area contributed by atoms with Crippen LogP contribution in [-0.4, -0.2) is 31.4 Å². The number of carboxylic acids is 1. The second-order valence-corrected chi connectivity index (χ2v) is 7.62. The third-order valence-electron chi connectivity index (χ3n) is 3.73. The van der Waals surface area contributed by atoms with Crippen LogP contribution in [0.5, 0.6) is 0 Å². The van der Waals surface area contributed by atoms with E-state index in [2.05, 4.69) is 10.0 Å². The van der Waals surface area contributed by atoms with Crippen molar-refractivity contribution in [3.63, 3.8) is 0 Å². The van der Waals surface area contributed by atoms with Gasteiger partial charge in [0.1, 0.15) is 6.04 Å². The number of aryl methyl sites for hydroxylation is 1. The molecule has 126 valence electrons. The van der Waals surface area contributed by atoms with E-state index >= 15 is 0 Å². The number of amides is 1. The van der Waals surface area contributed by atoms with Gasteiger partial charge in [0.15, 0.2) is 0 Å². The molecular formula is C15H20N2O5S. The number of carboxylic acid groups (broad SMARTS) is 1. The number of carbonyl (C=O) groups excluding carboxylic acids is 1. The van der Waals surface area contributed by atoms with Crippen molar-refractivity contribution in [1.29, 1.82) is 0 Å². The number of fused-ring (bicyclic) bond motifs is 1. The maximum atomic E-state index is 12.4. The van der Waals surface area contributed by atoms with Crippen molar-refractivity contribution in [1.82, 2.24) is 4.72 Å². The van der Waals surface area contributed by atoms with E-state index in [0.29, 0.717) is 24.9 Å². The minimum Gasteiger partial charge on any atom is -0.480 e. The predicted molar refractivity (Wildman–Crippen MR) is 84.6 cm³/mol. The average molecular weight is 340 g/mol. The van der Waals surface area contributed by atoms with Crippen LogP contribution in [0, 0.1) is 5.92 Å². The van der Waals surface area contributed by atoms with Crippen LogP contribution >= 0.6 is 0 Å². The molecule has 0 aliphatic carbocycles. The fourth-order valence-electron chi connectivity index (χ4n) is 2.42. The molecule has 1 aromatic carbocycles. The van der Waals surface area contributed by atoms with E-state index in [-0.39, 0.29) is 16.7 Å². The van der Waals surface area contributed by atoms with Crippen molar-refractivity contribution < 1.29 is 23.1 Å². The van der Waals surface area contributed by atoms with Crippen LogP contribution in [-0.2, 0) is 26.0 Å². The highest BCUT2D eigenvalue weighted by atomic mass is 32.2. The maximum Gasteiger partial charge on any atom is 0.322 e. The summed E-state index contributed by atoms with van der Waals surface area (Å²) in [4.78, 5) is 22.7. The van der Waals surface area contributed by atoms with Gasteiger partial charge in [0.05, 0.1) is 4.90 Å². The van der Waals surface area contributed by atoms with Gasteiger partial charge in [-0.05, 0) is 42.5 Å². The molecule has 1 aliphatic rings. The van der Waals surface area contributed by atoms with Crippen molar-refractivity contribution in [2.45, 2.75) is 44.0 Å². The van der Waals surface area contributed by atoms with Gasteiger partial charge < -0.3 is 10.4 Å². The molecule has 0 saturated carbocycles. The van der Waals surface area contributed by atoms with Gasteiger partial charge in [0, 0.05) is 12.1 Å². The Kier molecular flexibility index (Phi) is 5.06. The lowest BCUT2D eigenvalue weighted by atomic mass is 10.1. The summed E-state index contributed by atoms with van der Waals surface area (Å²) >= 11 is 0. The van der Waals surface area contributed by atoms with Crippen LogP contribution in [0.1, 0.15) is 32.3 Å². The number of sulfonamides is 1. The molecule has 2 rings (SSSR count). The predicted octanol–water partition coefficient (Wildman–Crippen LogP) is 1.35. The van der Waals surface area contributed by atoms with Crippen LogP contribution in [0.4, 0.5) is 5.69 Å². The summed E-state index contributed by atoms with van der Waals surface area (Å²) in [5.74, 6) is -1.70. The summed E-state index contributed by atoms with van der Waals surface area (Å²) in [6.45, 7) is 3.27. The lowest BCUT2D eigenvalue weighted by molar-refractivity contribution is -0.140. The molecule has 8 heteroatoms. The molecule has 0 unspecified atom stereocenters. The molecule has 1 atom stereocenters. The molecule has 0 aromatic heterocycles. The van der Waals surface area contributed by atoms with E-state index < -0.39 is 22.0 Å². The number of nitrogens with one attached hydrogen (secondary N) is 2.